The molecule has 0 fully saturated rings. The molecule has 0 saturated heterocycles. The molecule has 8 heteroatoms. The highest BCUT2D eigenvalue weighted by atomic mass is 32.2. The minimum atomic E-state index is -3.71. The molecule has 2 rings (SSSR count). The Morgan fingerprint density at radius 1 is 1.45 bits per heavy atom. The zero-order valence-electron chi connectivity index (χ0n) is 10.8. The Morgan fingerprint density at radius 2 is 2.20 bits per heavy atom. The van der Waals surface area contributed by atoms with Crippen LogP contribution in [0.4, 0.5) is 0 Å². The molecule has 106 valence electrons. The van der Waals surface area contributed by atoms with Gasteiger partial charge in [0.15, 0.2) is 0 Å². The molecule has 1 heterocycles. The predicted octanol–water partition coefficient (Wildman–Crippen LogP) is 0.296. The van der Waals surface area contributed by atoms with Crippen LogP contribution in [0.15, 0.2) is 35.6 Å². The van der Waals surface area contributed by atoms with E-state index in [1.807, 2.05) is 0 Å². The molecule has 0 aliphatic heterocycles. The van der Waals surface area contributed by atoms with Gasteiger partial charge < -0.3 is 10.7 Å². The summed E-state index contributed by atoms with van der Waals surface area (Å²) in [5.74, 6) is -0.659. The quantitative estimate of drug-likeness (QED) is 0.734. The molecular formula is C12H14N4O3S. The fraction of sp³-hybridized carbons (Fsp3) is 0.167. The number of sulfonamides is 1. The lowest BCUT2D eigenvalue weighted by Crippen LogP contribution is -2.24. The zero-order valence-corrected chi connectivity index (χ0v) is 11.6. The minimum absolute atomic E-state index is 0.00332. The van der Waals surface area contributed by atoms with E-state index in [-0.39, 0.29) is 17.0 Å². The van der Waals surface area contributed by atoms with Crippen molar-refractivity contribution in [3.63, 3.8) is 0 Å². The second kappa shape index (κ2) is 5.43. The van der Waals surface area contributed by atoms with Crippen LogP contribution in [0, 0.1) is 6.92 Å². The van der Waals surface area contributed by atoms with Crippen molar-refractivity contribution < 1.29 is 13.2 Å². The average molecular weight is 294 g/mol. The van der Waals surface area contributed by atoms with Crippen LogP contribution in [0.2, 0.25) is 0 Å². The Hall–Kier alpha value is -2.19. The van der Waals surface area contributed by atoms with Crippen molar-refractivity contribution >= 4 is 15.9 Å². The van der Waals surface area contributed by atoms with Crippen LogP contribution in [0.1, 0.15) is 21.6 Å². The molecule has 1 aromatic heterocycles. The monoisotopic (exact) mass is 294 g/mol. The van der Waals surface area contributed by atoms with Gasteiger partial charge in [0, 0.05) is 17.5 Å². The molecule has 1 aromatic carbocycles. The molecule has 7 nitrogen and oxygen atoms in total. The van der Waals surface area contributed by atoms with Gasteiger partial charge >= 0.3 is 0 Å². The van der Waals surface area contributed by atoms with Crippen LogP contribution >= 0.6 is 0 Å². The SMILES string of the molecule is Cc1ccc(S(=O)(=O)NCc2cnc[nH]2)cc1C(N)=O. The molecule has 0 unspecified atom stereocenters. The van der Waals surface area contributed by atoms with Crippen molar-refractivity contribution in [2.24, 2.45) is 5.73 Å². The molecule has 0 aliphatic rings. The van der Waals surface area contributed by atoms with Crippen molar-refractivity contribution in [2.75, 3.05) is 0 Å². The number of nitrogens with zero attached hydrogens (tertiary/aromatic N) is 1. The van der Waals surface area contributed by atoms with Gasteiger partial charge in [0.05, 0.1) is 17.8 Å². The van der Waals surface area contributed by atoms with Crippen LogP contribution in [-0.4, -0.2) is 24.3 Å². The van der Waals surface area contributed by atoms with Crippen LogP contribution in [-0.2, 0) is 16.6 Å². The van der Waals surface area contributed by atoms with Crippen LogP contribution in [0.25, 0.3) is 0 Å². The molecule has 0 saturated carbocycles. The smallest absolute Gasteiger partial charge is 0.249 e. The first-order chi connectivity index (χ1) is 9.40. The van der Waals surface area contributed by atoms with E-state index in [4.69, 9.17) is 5.73 Å². The third-order valence-corrected chi connectivity index (χ3v) is 4.19. The summed E-state index contributed by atoms with van der Waals surface area (Å²) in [7, 11) is -3.71. The zero-order chi connectivity index (χ0) is 14.8. The maximum Gasteiger partial charge on any atom is 0.249 e. The fourth-order valence-corrected chi connectivity index (χ4v) is 2.70. The number of aromatic nitrogens is 2. The molecule has 2 aromatic rings. The van der Waals surface area contributed by atoms with Gasteiger partial charge in [0.2, 0.25) is 15.9 Å². The first kappa shape index (κ1) is 14.2. The molecule has 0 spiro atoms. The van der Waals surface area contributed by atoms with Crippen LogP contribution in [0.3, 0.4) is 0 Å². The minimum Gasteiger partial charge on any atom is -0.366 e. The van der Waals surface area contributed by atoms with E-state index in [0.29, 0.717) is 11.3 Å². The van der Waals surface area contributed by atoms with Crippen molar-refractivity contribution in [3.8, 4) is 0 Å². The van der Waals surface area contributed by atoms with Gasteiger partial charge in [0.1, 0.15) is 0 Å². The van der Waals surface area contributed by atoms with E-state index in [9.17, 15) is 13.2 Å². The largest absolute Gasteiger partial charge is 0.366 e. The maximum absolute atomic E-state index is 12.1. The summed E-state index contributed by atoms with van der Waals surface area (Å²) in [4.78, 5) is 17.8. The predicted molar refractivity (Wildman–Crippen MR) is 72.3 cm³/mol. The fourth-order valence-electron chi connectivity index (χ4n) is 1.67. The number of rotatable bonds is 5. The number of aryl methyl sites for hydroxylation is 1. The number of nitrogens with one attached hydrogen (secondary N) is 2. The highest BCUT2D eigenvalue weighted by molar-refractivity contribution is 7.89. The normalized spacial score (nSPS) is 11.4. The Bertz CT molecular complexity index is 723. The molecule has 20 heavy (non-hydrogen) atoms. The number of carbonyl (C=O) groups excluding carboxylic acids is 1. The molecule has 0 aliphatic carbocycles. The Kier molecular flexibility index (Phi) is 3.86. The number of hydrogen-bond donors (Lipinski definition) is 3. The van der Waals surface area contributed by atoms with E-state index in [1.165, 1.54) is 24.7 Å². The summed E-state index contributed by atoms with van der Waals surface area (Å²) in [6.45, 7) is 1.77. The number of aromatic amines is 1. The van der Waals surface area contributed by atoms with E-state index in [1.54, 1.807) is 13.0 Å². The summed E-state index contributed by atoms with van der Waals surface area (Å²) >= 11 is 0. The van der Waals surface area contributed by atoms with E-state index in [2.05, 4.69) is 14.7 Å². The van der Waals surface area contributed by atoms with Crippen molar-refractivity contribution in [1.82, 2.24) is 14.7 Å². The number of H-pyrrole nitrogens is 1. The third-order valence-electron chi connectivity index (χ3n) is 2.79. The number of benzene rings is 1. The number of hydrogen-bond acceptors (Lipinski definition) is 4. The van der Waals surface area contributed by atoms with Crippen molar-refractivity contribution in [2.45, 2.75) is 18.4 Å². The van der Waals surface area contributed by atoms with E-state index in [0.717, 1.165) is 0 Å². The third kappa shape index (κ3) is 3.03. The van der Waals surface area contributed by atoms with Gasteiger partial charge in [-0.05, 0) is 24.6 Å². The maximum atomic E-state index is 12.1. The van der Waals surface area contributed by atoms with Crippen molar-refractivity contribution in [3.05, 3.63) is 47.5 Å². The second-order valence-corrected chi connectivity index (χ2v) is 6.01. The Balaban J connectivity index is 2.25. The van der Waals surface area contributed by atoms with Gasteiger partial charge in [0.25, 0.3) is 0 Å². The first-order valence-electron chi connectivity index (χ1n) is 5.77. The second-order valence-electron chi connectivity index (χ2n) is 4.24. The van der Waals surface area contributed by atoms with E-state index >= 15 is 0 Å². The lowest BCUT2D eigenvalue weighted by molar-refractivity contribution is 0.0999. The number of primary amides is 1. The summed E-state index contributed by atoms with van der Waals surface area (Å²) in [5.41, 5.74) is 6.66. The number of imidazole rings is 1. The summed E-state index contributed by atoms with van der Waals surface area (Å²) in [6.07, 6.45) is 2.98. The number of carbonyl (C=O) groups is 1. The molecule has 0 radical (unpaired) electrons. The first-order valence-corrected chi connectivity index (χ1v) is 7.26. The number of amides is 1. The highest BCUT2D eigenvalue weighted by Crippen LogP contribution is 2.15. The molecular weight excluding hydrogens is 280 g/mol. The average Bonchev–Trinajstić information content (AvgIpc) is 2.89. The lowest BCUT2D eigenvalue weighted by Gasteiger charge is -2.08. The Morgan fingerprint density at radius 3 is 2.80 bits per heavy atom. The van der Waals surface area contributed by atoms with Crippen LogP contribution in [0.5, 0.6) is 0 Å². The van der Waals surface area contributed by atoms with Crippen LogP contribution < -0.4 is 10.5 Å². The summed E-state index contributed by atoms with van der Waals surface area (Å²) in [5, 5.41) is 0. The molecule has 0 atom stereocenters. The van der Waals surface area contributed by atoms with Gasteiger partial charge in [-0.25, -0.2) is 18.1 Å². The highest BCUT2D eigenvalue weighted by Gasteiger charge is 2.17. The van der Waals surface area contributed by atoms with Gasteiger partial charge in [-0.1, -0.05) is 6.07 Å². The van der Waals surface area contributed by atoms with Gasteiger partial charge in [-0.3, -0.25) is 4.79 Å². The Labute approximate surface area is 116 Å². The number of nitrogens with two attached hydrogens (primary N) is 1. The molecule has 1 amide bonds. The lowest BCUT2D eigenvalue weighted by atomic mass is 10.1. The topological polar surface area (TPSA) is 118 Å². The van der Waals surface area contributed by atoms with E-state index < -0.39 is 15.9 Å². The summed E-state index contributed by atoms with van der Waals surface area (Å²) in [6, 6.07) is 4.24. The summed E-state index contributed by atoms with van der Waals surface area (Å²) < 4.78 is 26.6. The standard InChI is InChI=1S/C12H14N4O3S/c1-8-2-3-10(4-11(8)12(13)17)20(18,19)16-6-9-5-14-7-15-9/h2-5,7,16H,6H2,1H3,(H2,13,17)(H,14,15). The molecule has 4 N–H and O–H groups in total. The van der Waals surface area contributed by atoms with Gasteiger partial charge in [-0.15, -0.1) is 0 Å². The van der Waals surface area contributed by atoms with Crippen molar-refractivity contribution in [1.29, 1.82) is 0 Å². The van der Waals surface area contributed by atoms with Gasteiger partial charge in [-0.2, -0.15) is 0 Å². The molecule has 0 bridgehead atoms.